The van der Waals surface area contributed by atoms with E-state index in [-0.39, 0.29) is 16.7 Å². The molecule has 0 saturated carbocycles. The van der Waals surface area contributed by atoms with Crippen molar-refractivity contribution in [2.75, 3.05) is 7.11 Å². The Labute approximate surface area is 172 Å². The summed E-state index contributed by atoms with van der Waals surface area (Å²) >= 11 is 0. The van der Waals surface area contributed by atoms with E-state index >= 15 is 0 Å². The molecule has 150 valence electrons. The summed E-state index contributed by atoms with van der Waals surface area (Å²) in [5, 5.41) is 1.01. The van der Waals surface area contributed by atoms with Crippen LogP contribution < -0.4 is 5.48 Å². The van der Waals surface area contributed by atoms with E-state index in [9.17, 15) is 4.79 Å². The Balaban J connectivity index is 1.75. The number of nitrogens with zero attached hydrogens (tertiary/aromatic N) is 1. The molecule has 1 aliphatic carbocycles. The number of aromatic nitrogens is 1. The minimum absolute atomic E-state index is 0.183. The third-order valence-electron chi connectivity index (χ3n) is 6.30. The third-order valence-corrected chi connectivity index (χ3v) is 6.30. The van der Waals surface area contributed by atoms with Crippen LogP contribution in [0.1, 0.15) is 62.2 Å². The summed E-state index contributed by atoms with van der Waals surface area (Å²) in [5.74, 6) is -0.349. The van der Waals surface area contributed by atoms with Gasteiger partial charge in [0.05, 0.1) is 12.6 Å². The second-order valence-corrected chi connectivity index (χ2v) is 9.27. The van der Waals surface area contributed by atoms with Crippen LogP contribution in [0, 0.1) is 0 Å². The number of carbonyl (C=O) groups is 1. The van der Waals surface area contributed by atoms with Crippen LogP contribution in [0.3, 0.4) is 0 Å². The minimum Gasteiger partial charge on any atom is -0.277 e. The van der Waals surface area contributed by atoms with E-state index in [4.69, 9.17) is 0 Å². The first-order chi connectivity index (χ1) is 13.7. The van der Waals surface area contributed by atoms with Gasteiger partial charge >= 0.3 is 0 Å². The first-order valence-corrected chi connectivity index (χ1v) is 10.1. The highest BCUT2D eigenvalue weighted by Gasteiger charge is 2.36. The summed E-state index contributed by atoms with van der Waals surface area (Å²) in [7, 11) is 1.41. The molecule has 0 atom stereocenters. The van der Waals surface area contributed by atoms with Gasteiger partial charge in [0.25, 0.3) is 5.91 Å². The maximum atomic E-state index is 11.9. The Morgan fingerprint density at radius 2 is 1.55 bits per heavy atom. The topological polar surface area (TPSA) is 51.2 Å². The molecule has 0 unspecified atom stereocenters. The average molecular weight is 389 g/mol. The highest BCUT2D eigenvalue weighted by Crippen LogP contribution is 2.46. The van der Waals surface area contributed by atoms with Crippen LogP contribution in [0.15, 0.2) is 48.5 Å². The van der Waals surface area contributed by atoms with E-state index in [1.165, 1.54) is 36.6 Å². The minimum atomic E-state index is -0.349. The van der Waals surface area contributed by atoms with Crippen molar-refractivity contribution in [3.8, 4) is 11.1 Å². The van der Waals surface area contributed by atoms with E-state index in [0.717, 1.165) is 16.5 Å². The lowest BCUT2D eigenvalue weighted by atomic mass is 9.63. The highest BCUT2D eigenvalue weighted by atomic mass is 16.6. The fourth-order valence-electron chi connectivity index (χ4n) is 4.34. The molecule has 4 rings (SSSR count). The van der Waals surface area contributed by atoms with Crippen LogP contribution in [-0.2, 0) is 15.7 Å². The second-order valence-electron chi connectivity index (χ2n) is 9.27. The average Bonchev–Trinajstić information content (AvgIpc) is 2.70. The van der Waals surface area contributed by atoms with E-state index in [2.05, 4.69) is 73.3 Å². The first-order valence-electron chi connectivity index (χ1n) is 10.1. The second kappa shape index (κ2) is 6.96. The maximum Gasteiger partial charge on any atom is 0.293 e. The number of rotatable bonds is 3. The van der Waals surface area contributed by atoms with E-state index in [0.29, 0.717) is 5.69 Å². The number of pyridine rings is 1. The van der Waals surface area contributed by atoms with Crippen LogP contribution in [0.2, 0.25) is 0 Å². The quantitative estimate of drug-likeness (QED) is 0.599. The Bertz CT molecular complexity index is 1100. The summed E-state index contributed by atoms with van der Waals surface area (Å²) in [6.45, 7) is 9.39. The Morgan fingerprint density at radius 1 is 0.897 bits per heavy atom. The molecule has 0 saturated heterocycles. The van der Waals surface area contributed by atoms with Gasteiger partial charge in [-0.25, -0.2) is 10.5 Å². The molecule has 3 aromatic rings. The zero-order valence-corrected chi connectivity index (χ0v) is 17.8. The molecule has 1 heterocycles. The number of hydrogen-bond acceptors (Lipinski definition) is 3. The maximum absolute atomic E-state index is 11.9. The molecule has 1 aliphatic rings. The predicted molar refractivity (Wildman–Crippen MR) is 117 cm³/mol. The monoisotopic (exact) mass is 388 g/mol. The third kappa shape index (κ3) is 3.53. The standard InChI is InChI=1S/C25H28N2O2/c1-24(2)12-13-25(3,4)20-15-17(6-9-19(20)24)16-7-10-21-18(14-16)8-11-22(26-21)23(28)27-29-5/h6-11,14-15H,12-13H2,1-5H3,(H,27,28). The van der Waals surface area contributed by atoms with Crippen molar-refractivity contribution in [2.24, 2.45) is 0 Å². The van der Waals surface area contributed by atoms with Crippen molar-refractivity contribution in [1.29, 1.82) is 0 Å². The number of hydrogen-bond donors (Lipinski definition) is 1. The van der Waals surface area contributed by atoms with Gasteiger partial charge in [-0.05, 0) is 64.1 Å². The summed E-state index contributed by atoms with van der Waals surface area (Å²) < 4.78 is 0. The Morgan fingerprint density at radius 3 is 2.28 bits per heavy atom. The number of amides is 1. The molecule has 0 aliphatic heterocycles. The lowest BCUT2D eigenvalue weighted by Gasteiger charge is -2.42. The molecule has 0 radical (unpaired) electrons. The van der Waals surface area contributed by atoms with Gasteiger partial charge in [-0.15, -0.1) is 0 Å². The summed E-state index contributed by atoms with van der Waals surface area (Å²) in [6, 6.07) is 16.8. The molecule has 0 fully saturated rings. The van der Waals surface area contributed by atoms with Gasteiger partial charge in [-0.3, -0.25) is 9.63 Å². The first kappa shape index (κ1) is 19.6. The van der Waals surface area contributed by atoms with Gasteiger partial charge in [0.1, 0.15) is 5.69 Å². The zero-order valence-electron chi connectivity index (χ0n) is 17.8. The number of hydroxylamine groups is 1. The molecule has 29 heavy (non-hydrogen) atoms. The summed E-state index contributed by atoms with van der Waals surface area (Å²) in [5.41, 5.74) is 9.14. The Kier molecular flexibility index (Phi) is 4.70. The smallest absolute Gasteiger partial charge is 0.277 e. The number of benzene rings is 2. The Hall–Kier alpha value is -2.72. The highest BCUT2D eigenvalue weighted by molar-refractivity contribution is 5.95. The molecule has 1 amide bonds. The molecule has 4 nitrogen and oxygen atoms in total. The molecular weight excluding hydrogens is 360 g/mol. The van der Waals surface area contributed by atoms with Gasteiger partial charge in [0, 0.05) is 5.39 Å². The van der Waals surface area contributed by atoms with Crippen molar-refractivity contribution in [3.63, 3.8) is 0 Å². The van der Waals surface area contributed by atoms with Gasteiger partial charge < -0.3 is 0 Å². The zero-order chi connectivity index (χ0) is 20.8. The van der Waals surface area contributed by atoms with Crippen molar-refractivity contribution in [1.82, 2.24) is 10.5 Å². The molecule has 0 bridgehead atoms. The molecular formula is C25H28N2O2. The lowest BCUT2D eigenvalue weighted by Crippen LogP contribution is -2.33. The van der Waals surface area contributed by atoms with Gasteiger partial charge in [0.15, 0.2) is 0 Å². The number of nitrogens with one attached hydrogen (secondary N) is 1. The predicted octanol–water partition coefficient (Wildman–Crippen LogP) is 5.54. The van der Waals surface area contributed by atoms with Crippen LogP contribution in [0.25, 0.3) is 22.0 Å². The SMILES string of the molecule is CONC(=O)c1ccc2cc(-c3ccc4c(c3)C(C)(C)CCC4(C)C)ccc2n1. The van der Waals surface area contributed by atoms with Gasteiger partial charge in [-0.2, -0.15) is 0 Å². The van der Waals surface area contributed by atoms with Crippen LogP contribution in [-0.4, -0.2) is 18.0 Å². The summed E-state index contributed by atoms with van der Waals surface area (Å²) in [6.07, 6.45) is 2.41. The fraction of sp³-hybridized carbons (Fsp3) is 0.360. The van der Waals surface area contributed by atoms with Crippen LogP contribution >= 0.6 is 0 Å². The van der Waals surface area contributed by atoms with Gasteiger partial charge in [-0.1, -0.05) is 58.0 Å². The number of fused-ring (bicyclic) bond motifs is 2. The van der Waals surface area contributed by atoms with Crippen molar-refractivity contribution in [2.45, 2.75) is 51.4 Å². The van der Waals surface area contributed by atoms with Crippen molar-refractivity contribution in [3.05, 3.63) is 65.4 Å². The molecule has 1 aromatic heterocycles. The van der Waals surface area contributed by atoms with Crippen LogP contribution in [0.4, 0.5) is 0 Å². The van der Waals surface area contributed by atoms with E-state index in [1.54, 1.807) is 6.07 Å². The molecule has 2 aromatic carbocycles. The fourth-order valence-corrected chi connectivity index (χ4v) is 4.34. The molecule has 1 N–H and O–H groups in total. The molecule has 0 spiro atoms. The largest absolute Gasteiger partial charge is 0.293 e. The van der Waals surface area contributed by atoms with E-state index < -0.39 is 0 Å². The van der Waals surface area contributed by atoms with E-state index in [1.807, 2.05) is 12.1 Å². The lowest BCUT2D eigenvalue weighted by molar-refractivity contribution is 0.0533. The normalized spacial score (nSPS) is 17.0. The summed E-state index contributed by atoms with van der Waals surface area (Å²) in [4.78, 5) is 21.1. The van der Waals surface area contributed by atoms with Crippen LogP contribution in [0.5, 0.6) is 0 Å². The van der Waals surface area contributed by atoms with Crippen molar-refractivity contribution >= 4 is 16.8 Å². The van der Waals surface area contributed by atoms with Crippen molar-refractivity contribution < 1.29 is 9.63 Å². The van der Waals surface area contributed by atoms with Gasteiger partial charge in [0.2, 0.25) is 0 Å². The molecule has 4 heteroatoms. The number of carbonyl (C=O) groups excluding carboxylic acids is 1.